The highest BCUT2D eigenvalue weighted by atomic mass is 79.9. The molecule has 0 atom stereocenters. The van der Waals surface area contributed by atoms with Crippen LogP contribution in [0.3, 0.4) is 0 Å². The average Bonchev–Trinajstić information content (AvgIpc) is 2.09. The van der Waals surface area contributed by atoms with Crippen LogP contribution in [0.25, 0.3) is 10.9 Å². The average molecular weight is 259 g/mol. The third kappa shape index (κ3) is 1.49. The highest BCUT2D eigenvalue weighted by molar-refractivity contribution is 9.10. The molecule has 1 aromatic heterocycles. The highest BCUT2D eigenvalue weighted by Crippen LogP contribution is 2.21. The number of aromatic amines is 1. The monoisotopic (exact) mass is 258 g/mol. The molecule has 1 heterocycles. The molecule has 2 aromatic rings. The highest BCUT2D eigenvalue weighted by Gasteiger charge is 2.02. The normalized spacial score (nSPS) is 10.6. The number of nitrogens with zero attached hydrogens (tertiary/aromatic N) is 1. The lowest BCUT2D eigenvalue weighted by Crippen LogP contribution is -1.85. The number of hydrogen-bond donors (Lipinski definition) is 1. The molecule has 1 N–H and O–H groups in total. The first-order valence-electron chi connectivity index (χ1n) is 3.51. The Morgan fingerprint density at radius 2 is 2.23 bits per heavy atom. The Balaban J connectivity index is 2.97. The summed E-state index contributed by atoms with van der Waals surface area (Å²) in [5.41, 5.74) is 0.653. The summed E-state index contributed by atoms with van der Waals surface area (Å²) in [6.45, 7) is 0. The summed E-state index contributed by atoms with van der Waals surface area (Å²) in [4.78, 5) is 6.72. The molecule has 1 aromatic carbocycles. The van der Waals surface area contributed by atoms with E-state index in [-0.39, 0.29) is 5.82 Å². The molecule has 13 heavy (non-hydrogen) atoms. The van der Waals surface area contributed by atoms with Crippen molar-refractivity contribution in [3.8, 4) is 0 Å². The van der Waals surface area contributed by atoms with Gasteiger partial charge in [0.15, 0.2) is 0 Å². The first kappa shape index (κ1) is 8.77. The summed E-state index contributed by atoms with van der Waals surface area (Å²) < 4.78 is 13.9. The second kappa shape index (κ2) is 3.16. The van der Waals surface area contributed by atoms with Gasteiger partial charge >= 0.3 is 0 Å². The van der Waals surface area contributed by atoms with Crippen LogP contribution in [0.4, 0.5) is 4.39 Å². The Kier molecular flexibility index (Phi) is 2.13. The van der Waals surface area contributed by atoms with E-state index in [0.29, 0.717) is 14.6 Å². The molecule has 0 amide bonds. The number of halogens is 2. The van der Waals surface area contributed by atoms with Crippen LogP contribution in [-0.2, 0) is 0 Å². The maximum absolute atomic E-state index is 13.1. The zero-order chi connectivity index (χ0) is 9.42. The van der Waals surface area contributed by atoms with E-state index >= 15 is 0 Å². The first-order valence-corrected chi connectivity index (χ1v) is 4.71. The summed E-state index contributed by atoms with van der Waals surface area (Å²) in [5, 5.41) is 0.741. The molecule has 0 aliphatic carbocycles. The minimum Gasteiger partial charge on any atom is -0.346 e. The van der Waals surface area contributed by atoms with E-state index in [2.05, 4.69) is 25.9 Å². The maximum atomic E-state index is 13.1. The summed E-state index contributed by atoms with van der Waals surface area (Å²) in [6, 6.07) is 3.01. The van der Waals surface area contributed by atoms with Gasteiger partial charge in [-0.2, -0.15) is 0 Å². The Hall–Kier alpha value is -0.810. The Morgan fingerprint density at radius 1 is 1.46 bits per heavy atom. The number of benzene rings is 1. The van der Waals surface area contributed by atoms with Gasteiger partial charge in [0.1, 0.15) is 10.5 Å². The fraction of sp³-hybridized carbons (Fsp3) is 0. The van der Waals surface area contributed by atoms with E-state index in [9.17, 15) is 4.39 Å². The van der Waals surface area contributed by atoms with Gasteiger partial charge in [-0.05, 0) is 28.1 Å². The first-order chi connectivity index (χ1) is 6.18. The molecule has 0 fully saturated rings. The van der Waals surface area contributed by atoms with Gasteiger partial charge in [-0.3, -0.25) is 0 Å². The largest absolute Gasteiger partial charge is 0.346 e. The molecular weight excluding hydrogens is 255 g/mol. The van der Waals surface area contributed by atoms with Crippen LogP contribution < -0.4 is 0 Å². The fourth-order valence-corrected chi connectivity index (χ4v) is 1.64. The van der Waals surface area contributed by atoms with Gasteiger partial charge in [-0.25, -0.2) is 9.37 Å². The second-order valence-corrected chi connectivity index (χ2v) is 3.76. The number of hydrogen-bond acceptors (Lipinski definition) is 2. The van der Waals surface area contributed by atoms with Crippen LogP contribution in [0.2, 0.25) is 0 Å². The van der Waals surface area contributed by atoms with Gasteiger partial charge in [0, 0.05) is 5.39 Å². The van der Waals surface area contributed by atoms with Crippen LogP contribution in [0, 0.1) is 10.5 Å². The molecule has 2 nitrogen and oxygen atoms in total. The van der Waals surface area contributed by atoms with Crippen molar-refractivity contribution in [2.24, 2.45) is 0 Å². The maximum Gasteiger partial charge on any atom is 0.139 e. The van der Waals surface area contributed by atoms with Crippen molar-refractivity contribution in [1.29, 1.82) is 0 Å². The Morgan fingerprint density at radius 3 is 3.00 bits per heavy atom. The molecule has 0 bridgehead atoms. The standard InChI is InChI=1S/C8H4BrFN2S/c9-5-1-4-7(2-6(5)10)11-3-12-8(4)13/h1-3H,(H,11,12,13). The van der Waals surface area contributed by atoms with Crippen LogP contribution in [0.5, 0.6) is 0 Å². The van der Waals surface area contributed by atoms with E-state index in [1.165, 1.54) is 12.4 Å². The topological polar surface area (TPSA) is 28.7 Å². The lowest BCUT2D eigenvalue weighted by atomic mass is 10.2. The lowest BCUT2D eigenvalue weighted by molar-refractivity contribution is 0.622. The van der Waals surface area contributed by atoms with E-state index in [4.69, 9.17) is 12.2 Å². The third-order valence-electron chi connectivity index (χ3n) is 1.69. The smallest absolute Gasteiger partial charge is 0.139 e. The Bertz CT molecular complexity index is 523. The molecule has 0 aliphatic rings. The SMILES string of the molecule is Fc1cc2[nH]cnc(=S)c2cc1Br. The summed E-state index contributed by atoms with van der Waals surface area (Å²) in [6.07, 6.45) is 1.46. The predicted molar refractivity (Wildman–Crippen MR) is 54.6 cm³/mol. The van der Waals surface area contributed by atoms with Crippen LogP contribution in [-0.4, -0.2) is 9.97 Å². The fourth-order valence-electron chi connectivity index (χ4n) is 1.07. The van der Waals surface area contributed by atoms with E-state index < -0.39 is 0 Å². The van der Waals surface area contributed by atoms with Crippen molar-refractivity contribution in [1.82, 2.24) is 9.97 Å². The van der Waals surface area contributed by atoms with Crippen molar-refractivity contribution < 1.29 is 4.39 Å². The van der Waals surface area contributed by atoms with Gasteiger partial charge in [-0.1, -0.05) is 12.2 Å². The molecule has 0 radical (unpaired) electrons. The van der Waals surface area contributed by atoms with Crippen molar-refractivity contribution in [2.75, 3.05) is 0 Å². The summed E-state index contributed by atoms with van der Waals surface area (Å²) in [7, 11) is 0. The molecule has 0 aliphatic heterocycles. The summed E-state index contributed by atoms with van der Waals surface area (Å²) in [5.74, 6) is -0.315. The number of fused-ring (bicyclic) bond motifs is 1. The van der Waals surface area contributed by atoms with Gasteiger partial charge in [0.25, 0.3) is 0 Å². The molecule has 5 heteroatoms. The van der Waals surface area contributed by atoms with E-state index in [1.54, 1.807) is 6.07 Å². The number of rotatable bonds is 0. The van der Waals surface area contributed by atoms with Crippen LogP contribution >= 0.6 is 28.1 Å². The van der Waals surface area contributed by atoms with Gasteiger partial charge in [0.05, 0.1) is 16.3 Å². The zero-order valence-corrected chi connectivity index (χ0v) is 8.75. The quantitative estimate of drug-likeness (QED) is 0.736. The second-order valence-electron chi connectivity index (χ2n) is 2.52. The number of aromatic nitrogens is 2. The van der Waals surface area contributed by atoms with E-state index in [0.717, 1.165) is 5.39 Å². The summed E-state index contributed by atoms with van der Waals surface area (Å²) >= 11 is 8.07. The predicted octanol–water partition coefficient (Wildman–Crippen LogP) is 3.19. The van der Waals surface area contributed by atoms with Crippen LogP contribution in [0.1, 0.15) is 0 Å². The molecule has 0 unspecified atom stereocenters. The molecule has 2 rings (SSSR count). The van der Waals surface area contributed by atoms with Crippen molar-refractivity contribution in [3.63, 3.8) is 0 Å². The van der Waals surface area contributed by atoms with E-state index in [1.807, 2.05) is 0 Å². The van der Waals surface area contributed by atoms with Crippen molar-refractivity contribution >= 4 is 39.1 Å². The van der Waals surface area contributed by atoms with Gasteiger partial charge < -0.3 is 4.98 Å². The van der Waals surface area contributed by atoms with Gasteiger partial charge in [0.2, 0.25) is 0 Å². The van der Waals surface area contributed by atoms with Crippen LogP contribution in [0.15, 0.2) is 22.9 Å². The molecule has 0 spiro atoms. The molecule has 0 saturated carbocycles. The molecule has 66 valence electrons. The number of nitrogens with one attached hydrogen (secondary N) is 1. The van der Waals surface area contributed by atoms with Gasteiger partial charge in [-0.15, -0.1) is 0 Å². The van der Waals surface area contributed by atoms with Crippen molar-refractivity contribution in [3.05, 3.63) is 33.4 Å². The zero-order valence-electron chi connectivity index (χ0n) is 6.34. The Labute approximate surface area is 86.9 Å². The van der Waals surface area contributed by atoms with Crippen molar-refractivity contribution in [2.45, 2.75) is 0 Å². The minimum absolute atomic E-state index is 0.315. The minimum atomic E-state index is -0.315. The molecule has 0 saturated heterocycles. The molecular formula is C8H4BrFN2S. The third-order valence-corrected chi connectivity index (χ3v) is 2.63. The number of H-pyrrole nitrogens is 1. The lowest BCUT2D eigenvalue weighted by Gasteiger charge is -1.99.